The highest BCUT2D eigenvalue weighted by molar-refractivity contribution is 7.88. The van der Waals surface area contributed by atoms with E-state index in [2.05, 4.69) is 20.4 Å². The zero-order chi connectivity index (χ0) is 32.3. The molecule has 0 radical (unpaired) electrons. The predicted molar refractivity (Wildman–Crippen MR) is 168 cm³/mol. The lowest BCUT2D eigenvalue weighted by Gasteiger charge is -2.35. The van der Waals surface area contributed by atoms with Gasteiger partial charge in [-0.15, -0.1) is 0 Å². The SMILES string of the molecule is COC(=O)Nc1ccc(-c2cnc([C@@H]3C[C@H](C4CCN(S(C)(=O)=O)CC4)CN3C(=O)[C@H]3CC[C@H]([C@H](C)NC(=O)O)CC3)[nH]2)cc1. The predicted octanol–water partition coefficient (Wildman–Crippen LogP) is 4.28. The Hall–Kier alpha value is -3.65. The number of ether oxygens (including phenoxy) is 1. The molecule has 3 aliphatic rings. The number of hydrogen-bond acceptors (Lipinski definition) is 7. The summed E-state index contributed by atoms with van der Waals surface area (Å²) in [6, 6.07) is 6.91. The summed E-state index contributed by atoms with van der Waals surface area (Å²) in [5, 5.41) is 14.3. The van der Waals surface area contributed by atoms with Gasteiger partial charge in [0.2, 0.25) is 15.9 Å². The first-order chi connectivity index (χ1) is 21.4. The van der Waals surface area contributed by atoms with E-state index in [4.69, 9.17) is 10.1 Å². The third-order valence-electron chi connectivity index (χ3n) is 9.97. The Morgan fingerprint density at radius 2 is 1.71 bits per heavy atom. The second-order valence-electron chi connectivity index (χ2n) is 12.7. The summed E-state index contributed by atoms with van der Waals surface area (Å²) in [6.45, 7) is 3.48. The molecule has 1 saturated carbocycles. The fourth-order valence-electron chi connectivity index (χ4n) is 7.36. The van der Waals surface area contributed by atoms with Gasteiger partial charge in [-0.2, -0.15) is 0 Å². The molecule has 13 nitrogen and oxygen atoms in total. The van der Waals surface area contributed by atoms with Gasteiger partial charge in [-0.1, -0.05) is 12.1 Å². The van der Waals surface area contributed by atoms with Gasteiger partial charge >= 0.3 is 12.2 Å². The van der Waals surface area contributed by atoms with E-state index in [1.165, 1.54) is 13.4 Å². The molecule has 3 atom stereocenters. The maximum absolute atomic E-state index is 14.1. The molecule has 0 unspecified atom stereocenters. The first kappa shape index (κ1) is 32.7. The Bertz CT molecular complexity index is 1460. The summed E-state index contributed by atoms with van der Waals surface area (Å²) in [7, 11) is -1.92. The summed E-state index contributed by atoms with van der Waals surface area (Å²) in [5.41, 5.74) is 2.28. The van der Waals surface area contributed by atoms with E-state index in [1.807, 2.05) is 24.0 Å². The second-order valence-corrected chi connectivity index (χ2v) is 14.7. The molecule has 4 N–H and O–H groups in total. The molecule has 0 bridgehead atoms. The highest BCUT2D eigenvalue weighted by Crippen LogP contribution is 2.43. The molecule has 1 aliphatic carbocycles. The monoisotopic (exact) mass is 644 g/mol. The van der Waals surface area contributed by atoms with Crippen molar-refractivity contribution in [3.8, 4) is 11.3 Å². The number of carbonyl (C=O) groups is 3. The fraction of sp³-hybridized carbons (Fsp3) is 0.613. The zero-order valence-corrected chi connectivity index (χ0v) is 26.9. The number of nitrogens with one attached hydrogen (secondary N) is 3. The van der Waals surface area contributed by atoms with Gasteiger partial charge in [0.15, 0.2) is 0 Å². The molecule has 1 aromatic heterocycles. The van der Waals surface area contributed by atoms with Gasteiger partial charge < -0.3 is 25.0 Å². The number of amides is 3. The van der Waals surface area contributed by atoms with Crippen molar-refractivity contribution in [3.63, 3.8) is 0 Å². The fourth-order valence-corrected chi connectivity index (χ4v) is 8.23. The standard InChI is InChI=1S/C31H44N6O7S/c1-19(33-30(39)40)20-4-6-23(7-5-20)29(38)37-18-24(21-12-14-36(15-13-21)45(3,42)43)16-27(37)28-32-17-26(35-28)22-8-10-25(11-9-22)34-31(41)44-2/h8-11,17,19-21,23-24,27,33H,4-7,12-16,18H2,1-3H3,(H,32,35)(H,34,41)(H,39,40)/t19-,20-,23-,24-,27-/m0/s1. The third kappa shape index (κ3) is 7.78. The Kier molecular flexibility index (Phi) is 10.0. The largest absolute Gasteiger partial charge is 0.465 e. The molecule has 1 aromatic carbocycles. The smallest absolute Gasteiger partial charge is 0.411 e. The number of aromatic amines is 1. The lowest BCUT2D eigenvalue weighted by atomic mass is 9.78. The van der Waals surface area contributed by atoms with Crippen LogP contribution >= 0.6 is 0 Å². The van der Waals surface area contributed by atoms with Gasteiger partial charge in [0.25, 0.3) is 0 Å². The minimum atomic E-state index is -3.23. The first-order valence-electron chi connectivity index (χ1n) is 15.7. The minimum absolute atomic E-state index is 0.115. The maximum atomic E-state index is 14.1. The summed E-state index contributed by atoms with van der Waals surface area (Å²) < 4.78 is 30.4. The molecule has 45 heavy (non-hydrogen) atoms. The Morgan fingerprint density at radius 3 is 2.31 bits per heavy atom. The molecule has 246 valence electrons. The van der Waals surface area contributed by atoms with Gasteiger partial charge in [0.05, 0.1) is 31.3 Å². The van der Waals surface area contributed by atoms with Gasteiger partial charge in [0.1, 0.15) is 5.82 Å². The molecule has 3 amide bonds. The number of hydrogen-bond donors (Lipinski definition) is 4. The van der Waals surface area contributed by atoms with Crippen LogP contribution in [0.25, 0.3) is 11.3 Å². The Labute approximate surface area is 264 Å². The van der Waals surface area contributed by atoms with Crippen molar-refractivity contribution < 1.29 is 32.6 Å². The van der Waals surface area contributed by atoms with Crippen molar-refractivity contribution >= 4 is 33.8 Å². The van der Waals surface area contributed by atoms with E-state index in [0.717, 1.165) is 49.2 Å². The first-order valence-corrected chi connectivity index (χ1v) is 17.5. The molecule has 14 heteroatoms. The number of nitrogens with zero attached hydrogens (tertiary/aromatic N) is 3. The molecular formula is C31H44N6O7S. The highest BCUT2D eigenvalue weighted by atomic mass is 32.2. The number of carbonyl (C=O) groups excluding carboxylic acids is 2. The van der Waals surface area contributed by atoms with E-state index in [-0.39, 0.29) is 35.7 Å². The molecule has 2 aromatic rings. The van der Waals surface area contributed by atoms with Crippen molar-refractivity contribution in [1.29, 1.82) is 0 Å². The number of H-pyrrole nitrogens is 1. The van der Waals surface area contributed by atoms with Crippen LogP contribution in [0.5, 0.6) is 0 Å². The number of piperidine rings is 1. The van der Waals surface area contributed by atoms with Crippen molar-refractivity contribution in [2.45, 2.75) is 64.0 Å². The number of sulfonamides is 1. The van der Waals surface area contributed by atoms with Crippen LogP contribution < -0.4 is 10.6 Å². The quantitative estimate of drug-likeness (QED) is 0.329. The number of aromatic nitrogens is 2. The topological polar surface area (TPSA) is 174 Å². The Morgan fingerprint density at radius 1 is 1.04 bits per heavy atom. The molecule has 2 aliphatic heterocycles. The lowest BCUT2D eigenvalue weighted by Crippen LogP contribution is -2.42. The van der Waals surface area contributed by atoms with Crippen molar-refractivity contribution in [3.05, 3.63) is 36.3 Å². The summed E-state index contributed by atoms with van der Waals surface area (Å²) in [5.74, 6) is 1.45. The van der Waals surface area contributed by atoms with Crippen LogP contribution in [0, 0.1) is 23.7 Å². The van der Waals surface area contributed by atoms with Crippen molar-refractivity contribution in [1.82, 2.24) is 24.5 Å². The highest BCUT2D eigenvalue weighted by Gasteiger charge is 2.44. The van der Waals surface area contributed by atoms with Crippen LogP contribution in [0.2, 0.25) is 0 Å². The molecule has 2 saturated heterocycles. The van der Waals surface area contributed by atoms with Crippen LogP contribution in [0.1, 0.15) is 63.7 Å². The summed E-state index contributed by atoms with van der Waals surface area (Å²) >= 11 is 0. The van der Waals surface area contributed by atoms with Crippen molar-refractivity contribution in [2.75, 3.05) is 38.3 Å². The number of rotatable bonds is 8. The molecule has 3 fully saturated rings. The third-order valence-corrected chi connectivity index (χ3v) is 11.3. The van der Waals surface area contributed by atoms with Gasteiger partial charge in [0, 0.05) is 37.3 Å². The maximum Gasteiger partial charge on any atom is 0.411 e. The summed E-state index contributed by atoms with van der Waals surface area (Å²) in [4.78, 5) is 47.0. The number of likely N-dealkylation sites (tertiary alicyclic amines) is 1. The molecule has 3 heterocycles. The number of benzene rings is 1. The molecule has 0 spiro atoms. The van der Waals surface area contributed by atoms with E-state index in [0.29, 0.717) is 44.1 Å². The van der Waals surface area contributed by atoms with Crippen LogP contribution in [-0.4, -0.2) is 89.8 Å². The number of methoxy groups -OCH3 is 1. The van der Waals surface area contributed by atoms with Crippen LogP contribution in [0.3, 0.4) is 0 Å². The minimum Gasteiger partial charge on any atom is -0.465 e. The number of carboxylic acid groups (broad SMARTS) is 1. The van der Waals surface area contributed by atoms with E-state index < -0.39 is 22.2 Å². The van der Waals surface area contributed by atoms with Crippen LogP contribution in [-0.2, 0) is 19.6 Å². The average molecular weight is 645 g/mol. The summed E-state index contributed by atoms with van der Waals surface area (Å²) in [6.07, 6.45) is 6.73. The van der Waals surface area contributed by atoms with Crippen LogP contribution in [0.4, 0.5) is 15.3 Å². The second kappa shape index (κ2) is 13.8. The zero-order valence-electron chi connectivity index (χ0n) is 26.1. The molecular weight excluding hydrogens is 600 g/mol. The van der Waals surface area contributed by atoms with Gasteiger partial charge in [-0.05, 0) is 87.3 Å². The van der Waals surface area contributed by atoms with E-state index in [1.54, 1.807) is 22.6 Å². The normalized spacial score (nSPS) is 25.4. The van der Waals surface area contributed by atoms with Gasteiger partial charge in [-0.25, -0.2) is 27.3 Å². The lowest BCUT2D eigenvalue weighted by molar-refractivity contribution is -0.138. The average Bonchev–Trinajstić information content (AvgIpc) is 3.69. The van der Waals surface area contributed by atoms with Crippen LogP contribution in [0.15, 0.2) is 30.5 Å². The molecule has 5 rings (SSSR count). The number of anilines is 1. The number of imidazole rings is 1. The Balaban J connectivity index is 1.31. The van der Waals surface area contributed by atoms with Gasteiger partial charge in [-0.3, -0.25) is 10.1 Å². The van der Waals surface area contributed by atoms with Crippen molar-refractivity contribution in [2.24, 2.45) is 23.7 Å². The van der Waals surface area contributed by atoms with E-state index >= 15 is 0 Å². The van der Waals surface area contributed by atoms with E-state index in [9.17, 15) is 22.8 Å².